The standard InChI is InChI=1S/C74H118Cl3O10Si4.3CH3.Sn/c1-18-28-41-68(85-88(19-2,20-3)21-4)66-43-35-42-65(84-66)67-51-50-64(83-67)59(13)72(87-90(25-8,26-9)27-10)70(86-89(22-5,23-6)24-7)45-36-44-69(81-56-79-55-74(75,76)77)71(80-54-60-46-48-61(78-17)49-47-60)58(12)57(11)52-53-82-91(73(14,15)16,62-37-31-29-32-38-62)63-39-33-30-34-40-63;;;;/h29-40,42,44,46-49,57-58,64-72H,1,13,19-28,41,43,45,50-56H2,2-12,14-17H3;3*1H3;/b44-36-;;;;/t57-,58+,64-,65+,66-,67-,68-,69-,70+,71+,72+;;;;/m0..../s1. The van der Waals surface area contributed by atoms with E-state index in [1.54, 1.807) is 7.11 Å². The van der Waals surface area contributed by atoms with Gasteiger partial charge in [-0.3, -0.25) is 0 Å². The fraction of sp³-hybridized carbons (Fsp3) is 0.662. The van der Waals surface area contributed by atoms with Crippen LogP contribution in [0.5, 0.6) is 5.75 Å². The number of hydrogen-bond acceptors (Lipinski definition) is 10. The predicted molar refractivity (Wildman–Crippen MR) is 415 cm³/mol. The summed E-state index contributed by atoms with van der Waals surface area (Å²) < 4.78 is 70.6. The molecule has 0 N–H and O–H groups in total. The van der Waals surface area contributed by atoms with E-state index in [0.29, 0.717) is 19.6 Å². The van der Waals surface area contributed by atoms with E-state index < -0.39 is 73.8 Å². The van der Waals surface area contributed by atoms with E-state index in [0.717, 1.165) is 110 Å². The zero-order valence-corrected chi connectivity index (χ0v) is 71.1. The van der Waals surface area contributed by atoms with Gasteiger partial charge in [0.25, 0.3) is 8.32 Å². The van der Waals surface area contributed by atoms with E-state index in [9.17, 15) is 0 Å². The van der Waals surface area contributed by atoms with Gasteiger partial charge in [0.05, 0.1) is 32.5 Å². The Balaban J connectivity index is 1.55. The van der Waals surface area contributed by atoms with Crippen molar-refractivity contribution in [2.45, 2.75) is 281 Å². The molecule has 11 atom stereocenters. The first-order chi connectivity index (χ1) is 45.0. The molecule has 536 valence electrons. The molecule has 0 saturated carbocycles. The fourth-order valence-electron chi connectivity index (χ4n) is 14.1. The first kappa shape index (κ1) is 84.3. The Kier molecular flexibility index (Phi) is 35.4. The van der Waals surface area contributed by atoms with Crippen molar-refractivity contribution >= 4 is 96.8 Å². The second-order valence-electron chi connectivity index (χ2n) is 29.2. The average molecular weight is 1550 g/mol. The molecular weight excluding hydrogens is 1420 g/mol. The minimum absolute atomic E-state index is 0.00664. The maximum absolute atomic E-state index is 7.84. The molecule has 3 aromatic carbocycles. The molecule has 0 aromatic heterocycles. The molecule has 3 aromatic rings. The van der Waals surface area contributed by atoms with Crippen molar-refractivity contribution in [3.63, 3.8) is 0 Å². The number of alkyl halides is 3. The summed E-state index contributed by atoms with van der Waals surface area (Å²) in [6.07, 6.45) is 12.2. The molecule has 0 bridgehead atoms. The number of halogens is 3. The van der Waals surface area contributed by atoms with Crippen LogP contribution in [0.3, 0.4) is 0 Å². The third kappa shape index (κ3) is 24.1. The van der Waals surface area contributed by atoms with Crippen molar-refractivity contribution in [2.24, 2.45) is 11.8 Å². The van der Waals surface area contributed by atoms with Crippen LogP contribution in [-0.2, 0) is 48.0 Å². The number of ether oxygens (including phenoxy) is 6. The van der Waals surface area contributed by atoms with Gasteiger partial charge in [-0.05, 0) is 94.0 Å². The molecule has 2 aliphatic rings. The molecule has 0 unspecified atom stereocenters. The number of rotatable bonds is 44. The van der Waals surface area contributed by atoms with Gasteiger partial charge in [-0.1, -0.05) is 196 Å². The predicted octanol–water partition coefficient (Wildman–Crippen LogP) is 20.7. The molecule has 0 aliphatic carbocycles. The summed E-state index contributed by atoms with van der Waals surface area (Å²) in [5.74, 6) is 0.843. The normalized spacial score (nSPS) is 20.1. The summed E-state index contributed by atoms with van der Waals surface area (Å²) in [6.45, 7) is 42.6. The van der Waals surface area contributed by atoms with E-state index in [4.69, 9.17) is 87.5 Å². The Bertz CT molecular complexity index is 2690. The minimum atomic E-state index is -2.82. The van der Waals surface area contributed by atoms with Gasteiger partial charge >= 0.3 is 198 Å². The summed E-state index contributed by atoms with van der Waals surface area (Å²) >= 11 is 16.5. The summed E-state index contributed by atoms with van der Waals surface area (Å²) in [5, 5.41) is 2.34. The minimum Gasteiger partial charge on any atom is -0.497 e. The van der Waals surface area contributed by atoms with Crippen LogP contribution in [0.1, 0.15) is 147 Å². The summed E-state index contributed by atoms with van der Waals surface area (Å²) in [6, 6.07) is 38.9. The van der Waals surface area contributed by atoms with E-state index in [1.807, 2.05) is 24.3 Å². The molecule has 2 aliphatic heterocycles. The summed E-state index contributed by atoms with van der Waals surface area (Å²) in [7, 11) is -7.73. The topological polar surface area (TPSA) is 92.3 Å². The van der Waals surface area contributed by atoms with Crippen LogP contribution in [0.15, 0.2) is 132 Å². The second-order valence-corrected chi connectivity index (χ2v) is 65.1. The monoisotopic (exact) mass is 1550 g/mol. The number of allylic oxidation sites excluding steroid dienone is 1. The molecule has 1 fully saturated rings. The third-order valence-electron chi connectivity index (χ3n) is 21.7. The van der Waals surface area contributed by atoms with Crippen LogP contribution in [0.4, 0.5) is 0 Å². The molecule has 0 spiro atoms. The van der Waals surface area contributed by atoms with Crippen LogP contribution in [-0.4, -0.2) is 137 Å². The zero-order valence-electron chi connectivity index (χ0n) is 62.0. The number of hydrogen-bond donors (Lipinski definition) is 0. The van der Waals surface area contributed by atoms with Crippen molar-refractivity contribution in [2.75, 3.05) is 27.1 Å². The van der Waals surface area contributed by atoms with E-state index >= 15 is 0 Å². The molecule has 5 rings (SSSR count). The molecule has 95 heavy (non-hydrogen) atoms. The second kappa shape index (κ2) is 39.9. The van der Waals surface area contributed by atoms with Crippen molar-refractivity contribution in [3.05, 3.63) is 137 Å². The smallest absolute Gasteiger partial charge is 0.497 e. The zero-order chi connectivity index (χ0) is 70.3. The van der Waals surface area contributed by atoms with Crippen LogP contribution < -0.4 is 15.1 Å². The molecular formula is C77H127Cl3O10Si4Sn. The van der Waals surface area contributed by atoms with Crippen LogP contribution in [0.2, 0.25) is 74.3 Å². The SMILES string of the molecule is C=C([C@@H]1CC[C@@H]([C@H]2C=CC[C@@H]([C@H](CC[C](=C)[Sn]([CH3])([CH3])[CH3])O[Si](CC)(CC)CC)O2)O1)[C@@H](O[Si](CC)(CC)CC)[C@@H](C/C=C\[C@H](OCOCC(Cl)(Cl)Cl)[C@H](OCc1ccc(OC)cc1)[C@H](C)[C@@H](C)CCO[Si](c1ccccc1)(c1ccccc1)C(C)(C)C)O[Si](CC)(CC)CC. The molecule has 18 heteroatoms. The van der Waals surface area contributed by atoms with Crippen molar-refractivity contribution in [1.29, 1.82) is 0 Å². The van der Waals surface area contributed by atoms with Crippen LogP contribution >= 0.6 is 34.8 Å². The number of methoxy groups -OCH3 is 1. The Morgan fingerprint density at radius 3 is 1.76 bits per heavy atom. The molecule has 1 saturated heterocycles. The first-order valence-electron chi connectivity index (χ1n) is 36.3. The Morgan fingerprint density at radius 2 is 1.24 bits per heavy atom. The van der Waals surface area contributed by atoms with Gasteiger partial charge in [0.15, 0.2) is 16.6 Å². The van der Waals surface area contributed by atoms with Gasteiger partial charge in [-0.2, -0.15) is 0 Å². The van der Waals surface area contributed by atoms with Crippen LogP contribution in [0.25, 0.3) is 0 Å². The Labute approximate surface area is 601 Å². The van der Waals surface area contributed by atoms with Crippen molar-refractivity contribution in [1.82, 2.24) is 0 Å². The first-order valence-corrected chi connectivity index (χ1v) is 57.0. The summed E-state index contributed by atoms with van der Waals surface area (Å²) in [4.78, 5) is 7.40. The molecule has 0 amide bonds. The molecule has 10 nitrogen and oxygen atoms in total. The Morgan fingerprint density at radius 1 is 0.695 bits per heavy atom. The van der Waals surface area contributed by atoms with Crippen molar-refractivity contribution in [3.8, 4) is 5.75 Å². The molecule has 2 heterocycles. The van der Waals surface area contributed by atoms with Gasteiger partial charge in [0, 0.05) is 6.61 Å². The summed E-state index contributed by atoms with van der Waals surface area (Å²) in [5.41, 5.74) is 1.96. The quantitative estimate of drug-likeness (QED) is 0.0179. The molecule has 0 radical (unpaired) electrons. The Hall–Kier alpha value is -1.40. The average Bonchev–Trinajstić information content (AvgIpc) is 1.54. The van der Waals surface area contributed by atoms with Gasteiger partial charge in [-0.15, -0.1) is 0 Å². The van der Waals surface area contributed by atoms with Gasteiger partial charge in [0.2, 0.25) is 3.79 Å². The van der Waals surface area contributed by atoms with E-state index in [1.165, 1.54) is 14.0 Å². The van der Waals surface area contributed by atoms with Gasteiger partial charge in [-0.25, -0.2) is 0 Å². The van der Waals surface area contributed by atoms with Crippen LogP contribution in [0, 0.1) is 11.8 Å². The fourth-order valence-corrected chi connectivity index (χ4v) is 30.1. The van der Waals surface area contributed by atoms with Crippen molar-refractivity contribution < 1.29 is 46.1 Å². The van der Waals surface area contributed by atoms with E-state index in [2.05, 4.69) is 203 Å². The van der Waals surface area contributed by atoms with Gasteiger partial charge < -0.3 is 32.2 Å². The third-order valence-corrected chi connectivity index (χ3v) is 47.8. The number of benzene rings is 3. The van der Waals surface area contributed by atoms with Gasteiger partial charge in [0.1, 0.15) is 18.6 Å². The maximum atomic E-state index is 7.84. The van der Waals surface area contributed by atoms with E-state index in [-0.39, 0.29) is 66.9 Å².